The Balaban J connectivity index is 2.71. The molecule has 0 aliphatic heterocycles. The number of halogens is 1. The van der Waals surface area contributed by atoms with Crippen LogP contribution in [0.3, 0.4) is 0 Å². The van der Waals surface area contributed by atoms with Gasteiger partial charge in [0.25, 0.3) is 0 Å². The molecular formula is C17H28BrNO2. The first kappa shape index (κ1) is 18.5. The van der Waals surface area contributed by atoms with Crippen molar-refractivity contribution in [2.45, 2.75) is 52.6 Å². The molecule has 0 fully saturated rings. The molecule has 0 bridgehead atoms. The summed E-state index contributed by atoms with van der Waals surface area (Å²) in [4.78, 5) is 0. The second kappa shape index (κ2) is 8.76. The molecule has 0 atom stereocenters. The van der Waals surface area contributed by atoms with E-state index in [0.717, 1.165) is 42.8 Å². The summed E-state index contributed by atoms with van der Waals surface area (Å²) in [7, 11) is 1.73. The monoisotopic (exact) mass is 357 g/mol. The Kier molecular flexibility index (Phi) is 7.71. The molecule has 0 amide bonds. The van der Waals surface area contributed by atoms with E-state index in [1.54, 1.807) is 7.11 Å². The van der Waals surface area contributed by atoms with Crippen LogP contribution in [0, 0.1) is 6.92 Å². The summed E-state index contributed by atoms with van der Waals surface area (Å²) < 4.78 is 12.2. The van der Waals surface area contributed by atoms with Crippen LogP contribution in [-0.2, 0) is 11.3 Å². The molecule has 1 aromatic carbocycles. The first-order valence-corrected chi connectivity index (χ1v) is 8.28. The number of unbranched alkanes of at least 4 members (excludes halogenated alkanes) is 1. The number of methoxy groups -OCH3 is 1. The van der Waals surface area contributed by atoms with Crippen LogP contribution < -0.4 is 10.1 Å². The highest BCUT2D eigenvalue weighted by Crippen LogP contribution is 2.28. The Hall–Kier alpha value is -0.580. The van der Waals surface area contributed by atoms with Gasteiger partial charge in [0.2, 0.25) is 0 Å². The van der Waals surface area contributed by atoms with Gasteiger partial charge in [0.15, 0.2) is 0 Å². The van der Waals surface area contributed by atoms with Crippen molar-refractivity contribution in [1.29, 1.82) is 0 Å². The molecule has 1 N–H and O–H groups in total. The van der Waals surface area contributed by atoms with Gasteiger partial charge in [-0.15, -0.1) is 0 Å². The molecule has 1 rings (SSSR count). The van der Waals surface area contributed by atoms with Crippen LogP contribution in [0.15, 0.2) is 16.6 Å². The van der Waals surface area contributed by atoms with Crippen LogP contribution in [0.2, 0.25) is 0 Å². The SMILES string of the molecule is COCCCCOc1c(C)cc(Br)cc1CNC(C)(C)C. The molecule has 0 heterocycles. The summed E-state index contributed by atoms with van der Waals surface area (Å²) in [6.45, 7) is 10.9. The molecular weight excluding hydrogens is 330 g/mol. The molecule has 0 saturated carbocycles. The van der Waals surface area contributed by atoms with E-state index in [1.807, 2.05) is 0 Å². The van der Waals surface area contributed by atoms with Crippen LogP contribution >= 0.6 is 15.9 Å². The first-order valence-electron chi connectivity index (χ1n) is 7.49. The Bertz CT molecular complexity index is 441. The van der Waals surface area contributed by atoms with Crippen LogP contribution in [0.4, 0.5) is 0 Å². The quantitative estimate of drug-likeness (QED) is 0.697. The smallest absolute Gasteiger partial charge is 0.126 e. The number of rotatable bonds is 8. The van der Waals surface area contributed by atoms with Crippen LogP contribution in [-0.4, -0.2) is 25.9 Å². The van der Waals surface area contributed by atoms with E-state index in [0.29, 0.717) is 0 Å². The molecule has 3 nitrogen and oxygen atoms in total. The lowest BCUT2D eigenvalue weighted by atomic mass is 10.1. The van der Waals surface area contributed by atoms with E-state index in [4.69, 9.17) is 9.47 Å². The molecule has 4 heteroatoms. The highest BCUT2D eigenvalue weighted by molar-refractivity contribution is 9.10. The van der Waals surface area contributed by atoms with Crippen LogP contribution in [0.5, 0.6) is 5.75 Å². The van der Waals surface area contributed by atoms with Gasteiger partial charge in [0, 0.05) is 35.8 Å². The lowest BCUT2D eigenvalue weighted by molar-refractivity contribution is 0.183. The van der Waals surface area contributed by atoms with Gasteiger partial charge in [-0.25, -0.2) is 0 Å². The number of hydrogen-bond donors (Lipinski definition) is 1. The maximum absolute atomic E-state index is 6.02. The Morgan fingerprint density at radius 1 is 1.14 bits per heavy atom. The first-order chi connectivity index (χ1) is 9.83. The van der Waals surface area contributed by atoms with Crippen molar-refractivity contribution in [3.63, 3.8) is 0 Å². The molecule has 0 spiro atoms. The molecule has 0 aliphatic rings. The van der Waals surface area contributed by atoms with Crippen molar-refractivity contribution in [2.24, 2.45) is 0 Å². The third kappa shape index (κ3) is 7.30. The minimum Gasteiger partial charge on any atom is -0.493 e. The van der Waals surface area contributed by atoms with Crippen molar-refractivity contribution in [3.05, 3.63) is 27.7 Å². The number of hydrogen-bond acceptors (Lipinski definition) is 3. The second-order valence-electron chi connectivity index (χ2n) is 6.36. The summed E-state index contributed by atoms with van der Waals surface area (Å²) in [5.74, 6) is 1.01. The highest BCUT2D eigenvalue weighted by Gasteiger charge is 2.13. The third-order valence-corrected chi connectivity index (χ3v) is 3.57. The number of aryl methyl sites for hydroxylation is 1. The van der Waals surface area contributed by atoms with Gasteiger partial charge in [0.1, 0.15) is 5.75 Å². The third-order valence-electron chi connectivity index (χ3n) is 3.11. The summed E-state index contributed by atoms with van der Waals surface area (Å²) in [6.07, 6.45) is 2.04. The number of ether oxygens (including phenoxy) is 2. The zero-order valence-electron chi connectivity index (χ0n) is 13.9. The minimum atomic E-state index is 0.0892. The second-order valence-corrected chi connectivity index (χ2v) is 7.28. The van der Waals surface area contributed by atoms with E-state index in [-0.39, 0.29) is 5.54 Å². The molecule has 0 unspecified atom stereocenters. The average Bonchev–Trinajstić information content (AvgIpc) is 2.37. The van der Waals surface area contributed by atoms with E-state index >= 15 is 0 Å². The Morgan fingerprint density at radius 3 is 2.43 bits per heavy atom. The van der Waals surface area contributed by atoms with Crippen molar-refractivity contribution >= 4 is 15.9 Å². The lowest BCUT2D eigenvalue weighted by Gasteiger charge is -2.22. The van der Waals surface area contributed by atoms with E-state index in [9.17, 15) is 0 Å². The largest absolute Gasteiger partial charge is 0.493 e. The zero-order chi connectivity index (χ0) is 15.9. The standard InChI is InChI=1S/C17H28BrNO2/c1-13-10-15(18)11-14(12-19-17(2,3)4)16(13)21-9-7-6-8-20-5/h10-11,19H,6-9,12H2,1-5H3. The Labute approximate surface area is 137 Å². The normalized spacial score (nSPS) is 11.7. The average molecular weight is 358 g/mol. The fourth-order valence-corrected chi connectivity index (χ4v) is 2.64. The predicted molar refractivity (Wildman–Crippen MR) is 92.1 cm³/mol. The van der Waals surface area contributed by atoms with Gasteiger partial charge in [0.05, 0.1) is 6.61 Å². The topological polar surface area (TPSA) is 30.5 Å². The van der Waals surface area contributed by atoms with Gasteiger partial charge in [-0.3, -0.25) is 0 Å². The Morgan fingerprint density at radius 2 is 1.81 bits per heavy atom. The van der Waals surface area contributed by atoms with Gasteiger partial charge < -0.3 is 14.8 Å². The number of benzene rings is 1. The van der Waals surface area contributed by atoms with Crippen molar-refractivity contribution in [3.8, 4) is 5.75 Å². The maximum atomic E-state index is 6.02. The predicted octanol–water partition coefficient (Wildman–Crippen LogP) is 4.45. The molecule has 0 saturated heterocycles. The molecule has 120 valence electrons. The van der Waals surface area contributed by atoms with Gasteiger partial charge in [-0.1, -0.05) is 15.9 Å². The molecule has 0 aromatic heterocycles. The van der Waals surface area contributed by atoms with Crippen molar-refractivity contribution in [2.75, 3.05) is 20.3 Å². The van der Waals surface area contributed by atoms with E-state index in [1.165, 1.54) is 11.1 Å². The van der Waals surface area contributed by atoms with Crippen molar-refractivity contribution < 1.29 is 9.47 Å². The van der Waals surface area contributed by atoms with Crippen molar-refractivity contribution in [1.82, 2.24) is 5.32 Å². The summed E-state index contributed by atoms with van der Waals surface area (Å²) in [5, 5.41) is 3.52. The fraction of sp³-hybridized carbons (Fsp3) is 0.647. The highest BCUT2D eigenvalue weighted by atomic mass is 79.9. The van der Waals surface area contributed by atoms with Crippen LogP contribution in [0.25, 0.3) is 0 Å². The number of nitrogens with one attached hydrogen (secondary N) is 1. The molecule has 0 aliphatic carbocycles. The molecule has 0 radical (unpaired) electrons. The summed E-state index contributed by atoms with van der Waals surface area (Å²) in [5.41, 5.74) is 2.46. The van der Waals surface area contributed by atoms with Gasteiger partial charge >= 0.3 is 0 Å². The fourth-order valence-electron chi connectivity index (χ4n) is 2.02. The maximum Gasteiger partial charge on any atom is 0.126 e. The molecule has 21 heavy (non-hydrogen) atoms. The van der Waals surface area contributed by atoms with Gasteiger partial charge in [-0.05, 0) is 58.2 Å². The van der Waals surface area contributed by atoms with Gasteiger partial charge in [-0.2, -0.15) is 0 Å². The van der Waals surface area contributed by atoms with E-state index in [2.05, 4.69) is 61.1 Å². The lowest BCUT2D eigenvalue weighted by Crippen LogP contribution is -2.35. The summed E-state index contributed by atoms with van der Waals surface area (Å²) >= 11 is 3.57. The van der Waals surface area contributed by atoms with E-state index < -0.39 is 0 Å². The van der Waals surface area contributed by atoms with Crippen LogP contribution in [0.1, 0.15) is 44.7 Å². The summed E-state index contributed by atoms with van der Waals surface area (Å²) in [6, 6.07) is 4.24. The zero-order valence-corrected chi connectivity index (χ0v) is 15.5. The minimum absolute atomic E-state index is 0.0892. The molecule has 1 aromatic rings.